The Balaban J connectivity index is 1.41. The fourth-order valence-electron chi connectivity index (χ4n) is 3.85. The molecule has 0 bridgehead atoms. The molecule has 8 heteroatoms. The first-order valence-electron chi connectivity index (χ1n) is 12.9. The topological polar surface area (TPSA) is 96.5 Å². The molecule has 0 heterocycles. The second-order valence-corrected chi connectivity index (χ2v) is 10.3. The van der Waals surface area contributed by atoms with E-state index < -0.39 is 11.8 Å². The number of anilines is 2. The Morgan fingerprint density at radius 2 is 1.54 bits per heavy atom. The average molecular weight is 566 g/mol. The van der Waals surface area contributed by atoms with Crippen molar-refractivity contribution < 1.29 is 19.1 Å². The minimum atomic E-state index is -0.474. The molecule has 3 N–H and O–H groups in total. The lowest BCUT2D eigenvalue weighted by Gasteiger charge is -2.12. The Labute approximate surface area is 244 Å². The number of nitrogens with one attached hydrogen (secondary N) is 3. The van der Waals surface area contributed by atoms with E-state index in [0.717, 1.165) is 27.3 Å². The van der Waals surface area contributed by atoms with Gasteiger partial charge in [0.25, 0.3) is 11.8 Å². The SMILES string of the molecule is COc1ccc(/C=C(\NC(=O)c2ccccc2)C(=O)Nc2ccc(SCC(=O)Nc3cc(C)ccc3C)cc2)cc1. The maximum Gasteiger partial charge on any atom is 0.272 e. The Hall–Kier alpha value is -4.82. The van der Waals surface area contributed by atoms with Crippen LogP contribution in [0.2, 0.25) is 0 Å². The number of rotatable bonds is 10. The molecule has 0 saturated carbocycles. The van der Waals surface area contributed by atoms with Gasteiger partial charge in [-0.1, -0.05) is 42.5 Å². The summed E-state index contributed by atoms with van der Waals surface area (Å²) in [4.78, 5) is 39.4. The van der Waals surface area contributed by atoms with Crippen LogP contribution in [0.15, 0.2) is 108 Å². The summed E-state index contributed by atoms with van der Waals surface area (Å²) in [6, 6.07) is 29.0. The number of benzene rings is 4. The van der Waals surface area contributed by atoms with Crippen LogP contribution < -0.4 is 20.7 Å². The molecule has 0 aliphatic heterocycles. The van der Waals surface area contributed by atoms with Crippen LogP contribution in [0.3, 0.4) is 0 Å². The van der Waals surface area contributed by atoms with Crippen LogP contribution in [0.5, 0.6) is 5.75 Å². The maximum atomic E-state index is 13.3. The highest BCUT2D eigenvalue weighted by Gasteiger charge is 2.15. The highest BCUT2D eigenvalue weighted by atomic mass is 32.2. The molecule has 3 amide bonds. The summed E-state index contributed by atoms with van der Waals surface area (Å²) in [5, 5.41) is 8.54. The molecular weight excluding hydrogens is 534 g/mol. The summed E-state index contributed by atoms with van der Waals surface area (Å²) in [6.07, 6.45) is 1.61. The van der Waals surface area contributed by atoms with Gasteiger partial charge in [0.2, 0.25) is 5.91 Å². The van der Waals surface area contributed by atoms with E-state index in [-0.39, 0.29) is 17.4 Å². The normalized spacial score (nSPS) is 11.0. The number of thioether (sulfide) groups is 1. The Morgan fingerprint density at radius 1 is 0.829 bits per heavy atom. The first-order chi connectivity index (χ1) is 19.8. The lowest BCUT2D eigenvalue weighted by Crippen LogP contribution is -2.30. The molecular formula is C33H31N3O4S. The summed E-state index contributed by atoms with van der Waals surface area (Å²) in [7, 11) is 1.58. The van der Waals surface area contributed by atoms with Crippen molar-refractivity contribution in [2.24, 2.45) is 0 Å². The zero-order chi connectivity index (χ0) is 29.2. The van der Waals surface area contributed by atoms with Crippen LogP contribution in [0.1, 0.15) is 27.0 Å². The molecule has 0 atom stereocenters. The van der Waals surface area contributed by atoms with Gasteiger partial charge >= 0.3 is 0 Å². The number of carbonyl (C=O) groups is 3. The number of amides is 3. The Bertz CT molecular complexity index is 1550. The van der Waals surface area contributed by atoms with E-state index in [4.69, 9.17) is 4.74 Å². The quantitative estimate of drug-likeness (QED) is 0.152. The summed E-state index contributed by atoms with van der Waals surface area (Å²) < 4.78 is 5.20. The molecule has 4 aromatic rings. The van der Waals surface area contributed by atoms with Crippen molar-refractivity contribution in [2.45, 2.75) is 18.7 Å². The fraction of sp³-hybridized carbons (Fsp3) is 0.121. The van der Waals surface area contributed by atoms with Crippen molar-refractivity contribution in [1.82, 2.24) is 5.32 Å². The molecule has 0 aliphatic rings. The number of methoxy groups -OCH3 is 1. The van der Waals surface area contributed by atoms with Gasteiger partial charge in [0.05, 0.1) is 12.9 Å². The highest BCUT2D eigenvalue weighted by Crippen LogP contribution is 2.22. The van der Waals surface area contributed by atoms with Gasteiger partial charge in [-0.25, -0.2) is 0 Å². The predicted molar refractivity (Wildman–Crippen MR) is 165 cm³/mol. The first-order valence-corrected chi connectivity index (χ1v) is 13.9. The summed E-state index contributed by atoms with van der Waals surface area (Å²) in [5.74, 6) is -0.0326. The van der Waals surface area contributed by atoms with Gasteiger partial charge in [-0.3, -0.25) is 14.4 Å². The van der Waals surface area contributed by atoms with Gasteiger partial charge in [-0.2, -0.15) is 0 Å². The zero-order valence-electron chi connectivity index (χ0n) is 23.1. The second kappa shape index (κ2) is 14.0. The molecule has 0 spiro atoms. The number of hydrogen-bond donors (Lipinski definition) is 3. The van der Waals surface area contributed by atoms with E-state index in [1.54, 1.807) is 73.8 Å². The predicted octanol–water partition coefficient (Wildman–Crippen LogP) is 6.45. The molecule has 0 unspecified atom stereocenters. The monoisotopic (exact) mass is 565 g/mol. The molecule has 0 aliphatic carbocycles. The van der Waals surface area contributed by atoms with Crippen LogP contribution in [0.25, 0.3) is 6.08 Å². The first kappa shape index (κ1) is 29.2. The Kier molecular flexibility index (Phi) is 9.96. The molecule has 0 saturated heterocycles. The van der Waals surface area contributed by atoms with Gasteiger partial charge in [0, 0.05) is 21.8 Å². The van der Waals surface area contributed by atoms with Crippen LogP contribution in [-0.2, 0) is 9.59 Å². The van der Waals surface area contributed by atoms with Gasteiger partial charge in [0.1, 0.15) is 11.4 Å². The van der Waals surface area contributed by atoms with Gasteiger partial charge in [-0.05, 0) is 91.2 Å². The molecule has 208 valence electrons. The molecule has 0 radical (unpaired) electrons. The van der Waals surface area contributed by atoms with Crippen molar-refractivity contribution in [3.05, 3.63) is 125 Å². The largest absolute Gasteiger partial charge is 0.497 e. The number of hydrogen-bond acceptors (Lipinski definition) is 5. The Morgan fingerprint density at radius 3 is 2.22 bits per heavy atom. The third kappa shape index (κ3) is 8.58. The van der Waals surface area contributed by atoms with Crippen LogP contribution in [0, 0.1) is 13.8 Å². The van der Waals surface area contributed by atoms with Crippen molar-refractivity contribution in [1.29, 1.82) is 0 Å². The highest BCUT2D eigenvalue weighted by molar-refractivity contribution is 8.00. The van der Waals surface area contributed by atoms with Crippen molar-refractivity contribution in [2.75, 3.05) is 23.5 Å². The van der Waals surface area contributed by atoms with E-state index >= 15 is 0 Å². The van der Waals surface area contributed by atoms with E-state index in [1.165, 1.54) is 11.8 Å². The van der Waals surface area contributed by atoms with Crippen LogP contribution >= 0.6 is 11.8 Å². The molecule has 0 fully saturated rings. The maximum absolute atomic E-state index is 13.3. The second-order valence-electron chi connectivity index (χ2n) is 9.29. The average Bonchev–Trinajstić information content (AvgIpc) is 2.99. The molecule has 4 aromatic carbocycles. The van der Waals surface area contributed by atoms with Crippen LogP contribution in [-0.4, -0.2) is 30.6 Å². The zero-order valence-corrected chi connectivity index (χ0v) is 23.9. The minimum Gasteiger partial charge on any atom is -0.497 e. The van der Waals surface area contributed by atoms with E-state index in [0.29, 0.717) is 17.0 Å². The van der Waals surface area contributed by atoms with Crippen LogP contribution in [0.4, 0.5) is 11.4 Å². The van der Waals surface area contributed by atoms with E-state index in [1.807, 2.05) is 50.2 Å². The minimum absolute atomic E-state index is 0.0885. The third-order valence-corrected chi connectivity index (χ3v) is 7.12. The number of aryl methyl sites for hydroxylation is 2. The van der Waals surface area contributed by atoms with Crippen molar-refractivity contribution >= 4 is 46.9 Å². The van der Waals surface area contributed by atoms with E-state index in [9.17, 15) is 14.4 Å². The standard InChI is InChI=1S/C33H31N3O4S/c1-22-9-10-23(2)29(19-22)35-31(37)21-41-28-17-13-26(14-18-28)34-33(39)30(20-24-11-15-27(40-3)16-12-24)36-32(38)25-7-5-4-6-8-25/h4-20H,21H2,1-3H3,(H,34,39)(H,35,37)(H,36,38)/b30-20-. The smallest absolute Gasteiger partial charge is 0.272 e. The molecule has 7 nitrogen and oxygen atoms in total. The summed E-state index contributed by atoms with van der Waals surface area (Å²) in [6.45, 7) is 3.94. The van der Waals surface area contributed by atoms with Gasteiger partial charge in [-0.15, -0.1) is 11.8 Å². The molecule has 4 rings (SSSR count). The third-order valence-electron chi connectivity index (χ3n) is 6.10. The van der Waals surface area contributed by atoms with Gasteiger partial charge < -0.3 is 20.7 Å². The van der Waals surface area contributed by atoms with Crippen molar-refractivity contribution in [3.63, 3.8) is 0 Å². The lowest BCUT2D eigenvalue weighted by atomic mass is 10.1. The molecule has 0 aromatic heterocycles. The van der Waals surface area contributed by atoms with Crippen molar-refractivity contribution in [3.8, 4) is 5.75 Å². The fourth-order valence-corrected chi connectivity index (χ4v) is 4.55. The van der Waals surface area contributed by atoms with E-state index in [2.05, 4.69) is 16.0 Å². The number of carbonyl (C=O) groups excluding carboxylic acids is 3. The lowest BCUT2D eigenvalue weighted by molar-refractivity contribution is -0.114. The van der Waals surface area contributed by atoms with Gasteiger partial charge in [0.15, 0.2) is 0 Å². The summed E-state index contributed by atoms with van der Waals surface area (Å²) >= 11 is 1.40. The molecule has 41 heavy (non-hydrogen) atoms. The number of ether oxygens (including phenoxy) is 1. The summed E-state index contributed by atoms with van der Waals surface area (Å²) in [5.41, 5.74) is 4.69.